The van der Waals surface area contributed by atoms with Crippen molar-refractivity contribution in [1.29, 1.82) is 0 Å². The number of piperazine rings is 1. The van der Waals surface area contributed by atoms with Gasteiger partial charge in [0.1, 0.15) is 11.6 Å². The third-order valence-electron chi connectivity index (χ3n) is 4.40. The molecule has 1 atom stereocenters. The van der Waals surface area contributed by atoms with Crippen LogP contribution in [0, 0.1) is 17.6 Å². The number of aliphatic hydroxyl groups is 1. The van der Waals surface area contributed by atoms with Crippen molar-refractivity contribution in [1.82, 2.24) is 9.80 Å². The smallest absolute Gasteiger partial charge is 0.126 e. The minimum Gasteiger partial charge on any atom is -0.392 e. The number of hydrogen-bond acceptors (Lipinski definition) is 3. The fourth-order valence-corrected chi connectivity index (χ4v) is 2.99. The first kappa shape index (κ1) is 20.6. The van der Waals surface area contributed by atoms with Gasteiger partial charge in [-0.25, -0.2) is 8.78 Å². The van der Waals surface area contributed by atoms with Crippen LogP contribution in [0.4, 0.5) is 8.78 Å². The van der Waals surface area contributed by atoms with E-state index in [0.29, 0.717) is 18.0 Å². The first-order valence-electron chi connectivity index (χ1n) is 7.68. The number of nitrogens with zero attached hydrogens (tertiary/aromatic N) is 2. The lowest BCUT2D eigenvalue weighted by molar-refractivity contribution is 0.0601. The van der Waals surface area contributed by atoms with Gasteiger partial charge >= 0.3 is 0 Å². The Bertz CT molecular complexity index is 475. The van der Waals surface area contributed by atoms with E-state index < -0.39 is 11.6 Å². The Morgan fingerprint density at radius 3 is 2.00 bits per heavy atom. The SMILES string of the molecule is Cl.Cl.OC(CN1CCN(Cc2cc(F)cc(F)c2)CC1)C1CC1. The van der Waals surface area contributed by atoms with Gasteiger partial charge in [0, 0.05) is 45.3 Å². The molecular weight excluding hydrogens is 345 g/mol. The summed E-state index contributed by atoms with van der Waals surface area (Å²) in [4.78, 5) is 4.49. The number of hydrogen-bond donors (Lipinski definition) is 1. The Balaban J connectivity index is 0.00000132. The van der Waals surface area contributed by atoms with Crippen molar-refractivity contribution < 1.29 is 13.9 Å². The number of rotatable bonds is 5. The zero-order chi connectivity index (χ0) is 14.8. The molecule has 1 heterocycles. The Kier molecular flexibility index (Phi) is 8.18. The lowest BCUT2D eigenvalue weighted by Crippen LogP contribution is -2.48. The minimum absolute atomic E-state index is 0. The molecule has 2 aliphatic rings. The molecule has 3 nitrogen and oxygen atoms in total. The molecule has 0 amide bonds. The Morgan fingerprint density at radius 2 is 1.48 bits per heavy atom. The molecule has 1 aromatic rings. The van der Waals surface area contributed by atoms with Crippen molar-refractivity contribution in [2.75, 3.05) is 32.7 Å². The second-order valence-corrected chi connectivity index (χ2v) is 6.26. The summed E-state index contributed by atoms with van der Waals surface area (Å²) in [7, 11) is 0. The van der Waals surface area contributed by atoms with Crippen molar-refractivity contribution in [2.45, 2.75) is 25.5 Å². The molecule has 0 spiro atoms. The second kappa shape index (κ2) is 9.14. The van der Waals surface area contributed by atoms with Crippen LogP contribution in [-0.4, -0.2) is 53.7 Å². The third kappa shape index (κ3) is 6.16. The van der Waals surface area contributed by atoms with E-state index in [-0.39, 0.29) is 30.9 Å². The van der Waals surface area contributed by atoms with Crippen LogP contribution < -0.4 is 0 Å². The van der Waals surface area contributed by atoms with Crippen molar-refractivity contribution in [3.63, 3.8) is 0 Å². The highest BCUT2D eigenvalue weighted by atomic mass is 35.5. The number of halogens is 4. The summed E-state index contributed by atoms with van der Waals surface area (Å²) in [6, 6.07) is 3.69. The number of β-amino-alcohol motifs (C(OH)–C–C–N with tert-alkyl or cyclic N) is 1. The molecule has 1 saturated carbocycles. The third-order valence-corrected chi connectivity index (χ3v) is 4.40. The first-order valence-corrected chi connectivity index (χ1v) is 7.68. The molecule has 7 heteroatoms. The van der Waals surface area contributed by atoms with Gasteiger partial charge in [-0.1, -0.05) is 0 Å². The van der Waals surface area contributed by atoms with Crippen molar-refractivity contribution >= 4 is 24.8 Å². The van der Waals surface area contributed by atoms with Gasteiger partial charge in [0.15, 0.2) is 0 Å². The van der Waals surface area contributed by atoms with Crippen LogP contribution in [0.1, 0.15) is 18.4 Å². The van der Waals surface area contributed by atoms with E-state index in [1.165, 1.54) is 12.1 Å². The second-order valence-electron chi connectivity index (χ2n) is 6.26. The molecule has 1 aliphatic heterocycles. The standard InChI is InChI=1S/C16H22F2N2O.2ClH/c17-14-7-12(8-15(18)9-14)10-19-3-5-20(6-4-19)11-16(21)13-1-2-13;;/h7-9,13,16,21H,1-6,10-11H2;2*1H. The van der Waals surface area contributed by atoms with E-state index in [4.69, 9.17) is 0 Å². The normalized spacial score (nSPS) is 20.5. The fourth-order valence-electron chi connectivity index (χ4n) is 2.99. The molecule has 3 rings (SSSR count). The van der Waals surface area contributed by atoms with E-state index in [9.17, 15) is 13.9 Å². The summed E-state index contributed by atoms with van der Waals surface area (Å²) in [5.41, 5.74) is 0.680. The van der Waals surface area contributed by atoms with Crippen LogP contribution in [0.2, 0.25) is 0 Å². The van der Waals surface area contributed by atoms with Crippen molar-refractivity contribution in [3.05, 3.63) is 35.4 Å². The highest BCUT2D eigenvalue weighted by molar-refractivity contribution is 5.85. The molecule has 1 N–H and O–H groups in total. The zero-order valence-electron chi connectivity index (χ0n) is 13.0. The van der Waals surface area contributed by atoms with Gasteiger partial charge in [-0.2, -0.15) is 0 Å². The van der Waals surface area contributed by atoms with Gasteiger partial charge in [0.05, 0.1) is 6.10 Å². The Morgan fingerprint density at radius 1 is 0.957 bits per heavy atom. The van der Waals surface area contributed by atoms with Gasteiger partial charge < -0.3 is 5.11 Å². The summed E-state index contributed by atoms with van der Waals surface area (Å²) >= 11 is 0. The lowest BCUT2D eigenvalue weighted by atomic mass is 10.1. The van der Waals surface area contributed by atoms with Crippen LogP contribution in [0.3, 0.4) is 0 Å². The fraction of sp³-hybridized carbons (Fsp3) is 0.625. The van der Waals surface area contributed by atoms with Gasteiger partial charge in [0.25, 0.3) is 0 Å². The quantitative estimate of drug-likeness (QED) is 0.865. The Hall–Kier alpha value is -0.460. The van der Waals surface area contributed by atoms with Gasteiger partial charge in [0.2, 0.25) is 0 Å². The maximum atomic E-state index is 13.2. The summed E-state index contributed by atoms with van der Waals surface area (Å²) in [6.45, 7) is 4.88. The molecule has 2 fully saturated rings. The van der Waals surface area contributed by atoms with E-state index in [0.717, 1.165) is 51.6 Å². The molecule has 1 saturated heterocycles. The highest BCUT2D eigenvalue weighted by Gasteiger charge is 2.31. The van der Waals surface area contributed by atoms with E-state index in [1.54, 1.807) is 0 Å². The molecule has 23 heavy (non-hydrogen) atoms. The zero-order valence-corrected chi connectivity index (χ0v) is 14.6. The summed E-state index contributed by atoms with van der Waals surface area (Å²) in [5, 5.41) is 9.96. The molecule has 0 radical (unpaired) electrons. The molecule has 0 aromatic heterocycles. The van der Waals surface area contributed by atoms with Gasteiger partial charge in [-0.15, -0.1) is 24.8 Å². The lowest BCUT2D eigenvalue weighted by Gasteiger charge is -2.35. The topological polar surface area (TPSA) is 26.7 Å². The van der Waals surface area contributed by atoms with E-state index >= 15 is 0 Å². The first-order chi connectivity index (χ1) is 10.1. The van der Waals surface area contributed by atoms with E-state index in [2.05, 4.69) is 9.80 Å². The molecule has 1 aromatic carbocycles. The predicted octanol–water partition coefficient (Wildman–Crippen LogP) is 2.70. The Labute approximate surface area is 148 Å². The summed E-state index contributed by atoms with van der Waals surface area (Å²) in [5.74, 6) is -0.523. The predicted molar refractivity (Wildman–Crippen MR) is 91.3 cm³/mol. The van der Waals surface area contributed by atoms with Crippen molar-refractivity contribution in [3.8, 4) is 0 Å². The van der Waals surface area contributed by atoms with Crippen LogP contribution in [0.5, 0.6) is 0 Å². The largest absolute Gasteiger partial charge is 0.392 e. The monoisotopic (exact) mass is 368 g/mol. The molecular formula is C16H24Cl2F2N2O. The average Bonchev–Trinajstić information content (AvgIpc) is 3.24. The summed E-state index contributed by atoms with van der Waals surface area (Å²) in [6.07, 6.45) is 2.13. The number of benzene rings is 1. The molecule has 132 valence electrons. The highest BCUT2D eigenvalue weighted by Crippen LogP contribution is 2.32. The molecule has 1 unspecified atom stereocenters. The van der Waals surface area contributed by atoms with E-state index in [1.807, 2.05) is 0 Å². The van der Waals surface area contributed by atoms with Crippen LogP contribution in [0.15, 0.2) is 18.2 Å². The summed E-state index contributed by atoms with van der Waals surface area (Å²) < 4.78 is 26.3. The maximum Gasteiger partial charge on any atom is 0.126 e. The van der Waals surface area contributed by atoms with Crippen LogP contribution >= 0.6 is 24.8 Å². The van der Waals surface area contributed by atoms with Gasteiger partial charge in [-0.05, 0) is 36.5 Å². The average molecular weight is 369 g/mol. The number of aliphatic hydroxyl groups excluding tert-OH is 1. The van der Waals surface area contributed by atoms with Crippen LogP contribution in [0.25, 0.3) is 0 Å². The minimum atomic E-state index is -0.517. The van der Waals surface area contributed by atoms with Gasteiger partial charge in [-0.3, -0.25) is 9.80 Å². The van der Waals surface area contributed by atoms with Crippen LogP contribution in [-0.2, 0) is 6.54 Å². The molecule has 1 aliphatic carbocycles. The van der Waals surface area contributed by atoms with Crippen molar-refractivity contribution in [2.24, 2.45) is 5.92 Å². The maximum absolute atomic E-state index is 13.2. The molecule has 0 bridgehead atoms.